The van der Waals surface area contributed by atoms with Gasteiger partial charge in [0, 0.05) is 23.6 Å². The average molecular weight is 583 g/mol. The summed E-state index contributed by atoms with van der Waals surface area (Å²) < 4.78 is 22.1. The van der Waals surface area contributed by atoms with E-state index >= 15 is 0 Å². The normalized spacial score (nSPS) is 13.1. The van der Waals surface area contributed by atoms with Crippen molar-refractivity contribution >= 4 is 12.2 Å². The largest absolute Gasteiger partial charge is 0.490 e. The van der Waals surface area contributed by atoms with Gasteiger partial charge in [0.05, 0.1) is 18.0 Å². The van der Waals surface area contributed by atoms with Gasteiger partial charge in [-0.2, -0.15) is 0 Å². The number of aryl methyl sites for hydroxylation is 2. The molecule has 0 unspecified atom stereocenters. The van der Waals surface area contributed by atoms with Gasteiger partial charge in [-0.25, -0.2) is 9.37 Å². The van der Waals surface area contributed by atoms with Crippen molar-refractivity contribution in [3.63, 3.8) is 0 Å². The molecule has 1 saturated carbocycles. The molecule has 4 aromatic rings. The molecule has 0 radical (unpaired) electrons. The van der Waals surface area contributed by atoms with Crippen molar-refractivity contribution in [3.05, 3.63) is 111 Å². The number of benzene rings is 3. The summed E-state index contributed by atoms with van der Waals surface area (Å²) in [6.07, 6.45) is 4.65. The molecule has 1 aliphatic rings. The minimum absolute atomic E-state index is 0.196. The van der Waals surface area contributed by atoms with Crippen LogP contribution < -0.4 is 15.6 Å². The average Bonchev–Trinajstić information content (AvgIpc) is 3.84. The molecule has 1 aliphatic carbocycles. The molecule has 0 atom stereocenters. The highest BCUT2D eigenvalue weighted by Crippen LogP contribution is 2.31. The first-order valence-electron chi connectivity index (χ1n) is 14.5. The minimum Gasteiger partial charge on any atom is -0.490 e. The number of amidine groups is 1. The molecule has 1 aromatic heterocycles. The molecule has 0 aliphatic heterocycles. The summed E-state index contributed by atoms with van der Waals surface area (Å²) in [5.41, 5.74) is 4.94. The van der Waals surface area contributed by atoms with Gasteiger partial charge in [-0.15, -0.1) is 0 Å². The van der Waals surface area contributed by atoms with Crippen LogP contribution >= 0.6 is 0 Å². The molecule has 1 N–H and O–H groups in total. The number of amides is 1. The van der Waals surface area contributed by atoms with Gasteiger partial charge in [0.2, 0.25) is 6.41 Å². The second-order valence-corrected chi connectivity index (χ2v) is 10.6. The van der Waals surface area contributed by atoms with Gasteiger partial charge in [0.25, 0.3) is 5.56 Å². The van der Waals surface area contributed by atoms with E-state index in [9.17, 15) is 14.0 Å². The number of halogens is 1. The molecule has 8 nitrogen and oxygen atoms in total. The maximum atomic E-state index is 15.0. The molecule has 0 spiro atoms. The van der Waals surface area contributed by atoms with Gasteiger partial charge in [-0.1, -0.05) is 67.0 Å². The standard InChI is InChI=1S/C34H35FN4O4/c1-4-7-31-29(34(41)39(22(2)37-31)26-16-17-32(30(35)19-26)43-20-24-10-11-24)18-23-12-14-25(15-13-23)27-8-5-6-9-28(27)33(36-21-40)38-42-3/h5-6,8-9,12-17,19,21,24H,4,7,10-11,18,20H2,1-3H3,(H,36,38,40). The lowest BCUT2D eigenvalue weighted by molar-refractivity contribution is -0.108. The van der Waals surface area contributed by atoms with Gasteiger partial charge < -0.3 is 14.9 Å². The zero-order valence-corrected chi connectivity index (χ0v) is 24.6. The number of hydrogen-bond acceptors (Lipinski definition) is 6. The fourth-order valence-corrected chi connectivity index (χ4v) is 5.13. The van der Waals surface area contributed by atoms with Gasteiger partial charge in [-0.05, 0) is 60.9 Å². The van der Waals surface area contributed by atoms with E-state index in [0.29, 0.717) is 60.3 Å². The van der Waals surface area contributed by atoms with E-state index in [1.165, 1.54) is 17.7 Å². The van der Waals surface area contributed by atoms with Crippen LogP contribution in [-0.4, -0.2) is 35.5 Å². The lowest BCUT2D eigenvalue weighted by Gasteiger charge is -2.16. The molecule has 1 fully saturated rings. The number of nitrogens with zero attached hydrogens (tertiary/aromatic N) is 3. The van der Waals surface area contributed by atoms with Crippen LogP contribution in [0.5, 0.6) is 5.75 Å². The Kier molecular flexibility index (Phi) is 9.29. The van der Waals surface area contributed by atoms with Crippen LogP contribution in [0.2, 0.25) is 0 Å². The van der Waals surface area contributed by atoms with Crippen molar-refractivity contribution in [1.82, 2.24) is 14.9 Å². The minimum atomic E-state index is -0.499. The van der Waals surface area contributed by atoms with Crippen molar-refractivity contribution in [2.75, 3.05) is 13.7 Å². The number of rotatable bonds is 12. The molecule has 0 saturated heterocycles. The smallest absolute Gasteiger partial charge is 0.261 e. The summed E-state index contributed by atoms with van der Waals surface area (Å²) in [5, 5.41) is 6.54. The second-order valence-electron chi connectivity index (χ2n) is 10.6. The summed E-state index contributed by atoms with van der Waals surface area (Å²) in [4.78, 5) is 34.8. The maximum Gasteiger partial charge on any atom is 0.261 e. The molecule has 1 amide bonds. The predicted octanol–water partition coefficient (Wildman–Crippen LogP) is 5.73. The fraction of sp³-hybridized carbons (Fsp3) is 0.294. The third kappa shape index (κ3) is 6.83. The zero-order valence-electron chi connectivity index (χ0n) is 24.6. The molecule has 9 heteroatoms. The van der Waals surface area contributed by atoms with Crippen LogP contribution in [0.4, 0.5) is 4.39 Å². The number of ether oxygens (including phenoxy) is 1. The lowest BCUT2D eigenvalue weighted by Crippen LogP contribution is -2.28. The number of nitrogens with one attached hydrogen (secondary N) is 1. The van der Waals surface area contributed by atoms with Crippen LogP contribution in [0.25, 0.3) is 16.8 Å². The Morgan fingerprint density at radius 1 is 1.14 bits per heavy atom. The third-order valence-electron chi connectivity index (χ3n) is 7.47. The van der Waals surface area contributed by atoms with E-state index < -0.39 is 5.82 Å². The summed E-state index contributed by atoms with van der Waals surface area (Å²) in [7, 11) is 1.42. The Hall–Kier alpha value is -4.79. The number of carbonyl (C=O) groups excluding carboxylic acids is 1. The Bertz CT molecular complexity index is 1690. The van der Waals surface area contributed by atoms with Crippen LogP contribution in [0.3, 0.4) is 0 Å². The van der Waals surface area contributed by atoms with Gasteiger partial charge in [0.15, 0.2) is 17.4 Å². The maximum absolute atomic E-state index is 15.0. The molecule has 222 valence electrons. The van der Waals surface area contributed by atoms with E-state index in [0.717, 1.165) is 41.6 Å². The second kappa shape index (κ2) is 13.5. The first-order valence-corrected chi connectivity index (χ1v) is 14.5. The Labute approximate surface area is 250 Å². The van der Waals surface area contributed by atoms with E-state index in [2.05, 4.69) is 17.4 Å². The lowest BCUT2D eigenvalue weighted by atomic mass is 9.96. The SMILES string of the molecule is CCCc1nc(C)n(-c2ccc(OCC3CC3)c(F)c2)c(=O)c1Cc1ccc(-c2ccccc2/C(=N/OC)NC=O)cc1. The van der Waals surface area contributed by atoms with Crippen LogP contribution in [-0.2, 0) is 22.5 Å². The van der Waals surface area contributed by atoms with Crippen molar-refractivity contribution in [2.45, 2.75) is 46.0 Å². The molecule has 5 rings (SSSR count). The number of carbonyl (C=O) groups is 1. The predicted molar refractivity (Wildman–Crippen MR) is 164 cm³/mol. The Balaban J connectivity index is 1.46. The molecular weight excluding hydrogens is 547 g/mol. The van der Waals surface area contributed by atoms with Gasteiger partial charge >= 0.3 is 0 Å². The highest BCUT2D eigenvalue weighted by molar-refractivity contribution is 6.08. The van der Waals surface area contributed by atoms with E-state index in [-0.39, 0.29) is 11.3 Å². The monoisotopic (exact) mass is 582 g/mol. The Morgan fingerprint density at radius 3 is 2.58 bits per heavy atom. The van der Waals surface area contributed by atoms with Crippen LogP contribution in [0, 0.1) is 18.7 Å². The Morgan fingerprint density at radius 2 is 1.91 bits per heavy atom. The van der Waals surface area contributed by atoms with Gasteiger partial charge in [-0.3, -0.25) is 14.2 Å². The topological polar surface area (TPSA) is 94.8 Å². The number of hydrogen-bond donors (Lipinski definition) is 1. The molecule has 43 heavy (non-hydrogen) atoms. The first kappa shape index (κ1) is 29.7. The molecule has 0 bridgehead atoms. The first-order chi connectivity index (χ1) is 20.9. The summed E-state index contributed by atoms with van der Waals surface area (Å²) in [6.45, 7) is 4.33. The van der Waals surface area contributed by atoms with E-state index in [1.807, 2.05) is 48.5 Å². The van der Waals surface area contributed by atoms with Gasteiger partial charge in [0.1, 0.15) is 12.9 Å². The van der Waals surface area contributed by atoms with Crippen molar-refractivity contribution in [1.29, 1.82) is 0 Å². The van der Waals surface area contributed by atoms with Crippen LogP contribution in [0.15, 0.2) is 76.7 Å². The highest BCUT2D eigenvalue weighted by Gasteiger charge is 2.23. The summed E-state index contributed by atoms with van der Waals surface area (Å²) in [6, 6.07) is 20.1. The summed E-state index contributed by atoms with van der Waals surface area (Å²) in [5.74, 6) is 1.01. The van der Waals surface area contributed by atoms with Crippen LogP contribution in [0.1, 0.15) is 54.4 Å². The van der Waals surface area contributed by atoms with Crippen molar-refractivity contribution in [3.8, 4) is 22.6 Å². The third-order valence-corrected chi connectivity index (χ3v) is 7.47. The number of aromatic nitrogens is 2. The van der Waals surface area contributed by atoms with E-state index in [1.54, 1.807) is 19.1 Å². The van der Waals surface area contributed by atoms with Crippen molar-refractivity contribution in [2.24, 2.45) is 11.1 Å². The molecule has 1 heterocycles. The summed E-state index contributed by atoms with van der Waals surface area (Å²) >= 11 is 0. The quantitative estimate of drug-likeness (QED) is 0.0996. The zero-order chi connectivity index (χ0) is 30.3. The number of oxime groups is 1. The molecule has 3 aromatic carbocycles. The molecular formula is C34H35FN4O4. The van der Waals surface area contributed by atoms with E-state index in [4.69, 9.17) is 14.6 Å². The fourth-order valence-electron chi connectivity index (χ4n) is 5.13. The van der Waals surface area contributed by atoms with Crippen molar-refractivity contribution < 1.29 is 18.8 Å². The highest BCUT2D eigenvalue weighted by atomic mass is 19.1.